The van der Waals surface area contributed by atoms with Crippen molar-refractivity contribution in [3.63, 3.8) is 0 Å². The molecular formula is C23H38O. The molecule has 136 valence electrons. The molecule has 1 heteroatoms. The van der Waals surface area contributed by atoms with Crippen LogP contribution in [0.3, 0.4) is 0 Å². The quantitative estimate of drug-likeness (QED) is 0.174. The van der Waals surface area contributed by atoms with E-state index in [1.807, 2.05) is 13.8 Å². The summed E-state index contributed by atoms with van der Waals surface area (Å²) in [6, 6.07) is 0. The van der Waals surface area contributed by atoms with Crippen molar-refractivity contribution < 1.29 is 4.79 Å². The first-order chi connectivity index (χ1) is 11.7. The minimum Gasteiger partial charge on any atom is -0.299 e. The lowest BCUT2D eigenvalue weighted by Gasteiger charge is -2.01. The van der Waals surface area contributed by atoms with Crippen LogP contribution in [0.25, 0.3) is 0 Å². The molecule has 0 amide bonds. The smallest absolute Gasteiger partial charge is 0.135 e. The zero-order valence-corrected chi connectivity index (χ0v) is 16.2. The molecule has 0 aromatic carbocycles. The Bertz CT molecular complexity index is 396. The number of Topliss-reactive ketones (excluding diaryl/α,β-unsaturated/α-hetero) is 1. The molecule has 0 aliphatic heterocycles. The standard InChI is InChI=1S/C23H38O/c1-4-5-6-7-8-9-10-11-12-13-14-15-16-17-18-19-20-21-23(24)22(2)3/h9-12,14-15,17-18,22H,4-8,13,16,19-21H2,1-3H3/b10-9+,12-11+,15-14+,18-17+. The summed E-state index contributed by atoms with van der Waals surface area (Å²) in [6.45, 7) is 6.19. The topological polar surface area (TPSA) is 17.1 Å². The SMILES string of the molecule is CCCCCC/C=C/C=C/C/C=C/C/C=C/CCCC(=O)C(C)C. The van der Waals surface area contributed by atoms with Crippen LogP contribution in [0.4, 0.5) is 0 Å². The van der Waals surface area contributed by atoms with E-state index in [0.717, 1.165) is 32.1 Å². The van der Waals surface area contributed by atoms with Gasteiger partial charge in [0.2, 0.25) is 0 Å². The molecule has 0 aliphatic rings. The van der Waals surface area contributed by atoms with Gasteiger partial charge in [0.1, 0.15) is 5.78 Å². The maximum Gasteiger partial charge on any atom is 0.135 e. The van der Waals surface area contributed by atoms with Crippen molar-refractivity contribution in [1.82, 2.24) is 0 Å². The van der Waals surface area contributed by atoms with Gasteiger partial charge < -0.3 is 0 Å². The summed E-state index contributed by atoms with van der Waals surface area (Å²) < 4.78 is 0. The second-order valence-corrected chi connectivity index (χ2v) is 6.63. The first-order valence-electron chi connectivity index (χ1n) is 9.82. The van der Waals surface area contributed by atoms with Crippen LogP contribution in [-0.2, 0) is 4.79 Å². The Hall–Kier alpha value is -1.37. The number of carbonyl (C=O) groups is 1. The number of unbranched alkanes of at least 4 members (excludes halogenated alkanes) is 5. The van der Waals surface area contributed by atoms with Gasteiger partial charge in [0.15, 0.2) is 0 Å². The van der Waals surface area contributed by atoms with Crippen LogP contribution in [0.1, 0.15) is 85.0 Å². The van der Waals surface area contributed by atoms with Crippen molar-refractivity contribution >= 4 is 5.78 Å². The predicted octanol–water partition coefficient (Wildman–Crippen LogP) is 7.36. The number of hydrogen-bond acceptors (Lipinski definition) is 1. The monoisotopic (exact) mass is 330 g/mol. The lowest BCUT2D eigenvalue weighted by atomic mass is 10.0. The lowest BCUT2D eigenvalue weighted by molar-refractivity contribution is -0.121. The third-order valence-electron chi connectivity index (χ3n) is 3.92. The van der Waals surface area contributed by atoms with E-state index in [-0.39, 0.29) is 5.92 Å². The molecule has 0 N–H and O–H groups in total. The summed E-state index contributed by atoms with van der Waals surface area (Å²) in [5.41, 5.74) is 0. The van der Waals surface area contributed by atoms with Gasteiger partial charge in [-0.15, -0.1) is 0 Å². The lowest BCUT2D eigenvalue weighted by Crippen LogP contribution is -2.05. The van der Waals surface area contributed by atoms with Crippen LogP contribution in [0.5, 0.6) is 0 Å². The highest BCUT2D eigenvalue weighted by Crippen LogP contribution is 2.05. The number of carbonyl (C=O) groups excluding carboxylic acids is 1. The molecule has 0 fully saturated rings. The summed E-state index contributed by atoms with van der Waals surface area (Å²) in [5, 5.41) is 0. The predicted molar refractivity (Wildman–Crippen MR) is 108 cm³/mol. The fourth-order valence-electron chi connectivity index (χ4n) is 2.27. The zero-order chi connectivity index (χ0) is 17.9. The molecule has 0 aliphatic carbocycles. The summed E-state index contributed by atoms with van der Waals surface area (Å²) in [5.74, 6) is 0.561. The minimum absolute atomic E-state index is 0.181. The van der Waals surface area contributed by atoms with Crippen LogP contribution in [0, 0.1) is 5.92 Å². The van der Waals surface area contributed by atoms with Crippen molar-refractivity contribution in [1.29, 1.82) is 0 Å². The van der Waals surface area contributed by atoms with E-state index in [0.29, 0.717) is 5.78 Å². The van der Waals surface area contributed by atoms with E-state index in [4.69, 9.17) is 0 Å². The van der Waals surface area contributed by atoms with Gasteiger partial charge >= 0.3 is 0 Å². The number of ketones is 1. The van der Waals surface area contributed by atoms with Gasteiger partial charge in [-0.25, -0.2) is 0 Å². The van der Waals surface area contributed by atoms with Gasteiger partial charge in [0, 0.05) is 12.3 Å². The zero-order valence-electron chi connectivity index (χ0n) is 16.2. The first kappa shape index (κ1) is 22.6. The Kier molecular flexibility index (Phi) is 16.9. The van der Waals surface area contributed by atoms with Crippen LogP contribution in [0.15, 0.2) is 48.6 Å². The highest BCUT2D eigenvalue weighted by Gasteiger charge is 2.04. The maximum absolute atomic E-state index is 11.5. The largest absolute Gasteiger partial charge is 0.299 e. The molecule has 0 radical (unpaired) electrons. The summed E-state index contributed by atoms with van der Waals surface area (Å²) in [6.07, 6.45) is 28.8. The highest BCUT2D eigenvalue weighted by molar-refractivity contribution is 5.80. The van der Waals surface area contributed by atoms with E-state index in [9.17, 15) is 4.79 Å². The Morgan fingerprint density at radius 1 is 0.750 bits per heavy atom. The molecule has 0 atom stereocenters. The van der Waals surface area contributed by atoms with Gasteiger partial charge in [0.05, 0.1) is 0 Å². The van der Waals surface area contributed by atoms with E-state index >= 15 is 0 Å². The Morgan fingerprint density at radius 3 is 2.08 bits per heavy atom. The first-order valence-corrected chi connectivity index (χ1v) is 9.82. The van der Waals surface area contributed by atoms with Crippen molar-refractivity contribution in [2.24, 2.45) is 5.92 Å². The maximum atomic E-state index is 11.5. The third-order valence-corrected chi connectivity index (χ3v) is 3.92. The molecule has 0 unspecified atom stereocenters. The average molecular weight is 331 g/mol. The van der Waals surface area contributed by atoms with Crippen LogP contribution in [-0.4, -0.2) is 5.78 Å². The molecule has 0 rings (SSSR count). The van der Waals surface area contributed by atoms with E-state index in [1.54, 1.807) is 0 Å². The molecule has 24 heavy (non-hydrogen) atoms. The molecule has 0 bridgehead atoms. The second-order valence-electron chi connectivity index (χ2n) is 6.63. The molecular weight excluding hydrogens is 292 g/mol. The Morgan fingerprint density at radius 2 is 1.38 bits per heavy atom. The molecule has 0 aromatic rings. The van der Waals surface area contributed by atoms with E-state index in [2.05, 4.69) is 55.5 Å². The summed E-state index contributed by atoms with van der Waals surface area (Å²) >= 11 is 0. The van der Waals surface area contributed by atoms with Crippen LogP contribution < -0.4 is 0 Å². The molecule has 1 nitrogen and oxygen atoms in total. The number of hydrogen-bond donors (Lipinski definition) is 0. The highest BCUT2D eigenvalue weighted by atomic mass is 16.1. The number of allylic oxidation sites excluding steroid dienone is 8. The van der Waals surface area contributed by atoms with Crippen molar-refractivity contribution in [3.8, 4) is 0 Å². The third kappa shape index (κ3) is 17.0. The molecule has 0 saturated carbocycles. The normalized spacial score (nSPS) is 12.7. The molecule has 0 heterocycles. The van der Waals surface area contributed by atoms with Crippen molar-refractivity contribution in [2.45, 2.75) is 85.0 Å². The Labute approximate surface area is 150 Å². The average Bonchev–Trinajstić information content (AvgIpc) is 2.57. The van der Waals surface area contributed by atoms with Gasteiger partial charge in [0.25, 0.3) is 0 Å². The molecule has 0 spiro atoms. The second kappa shape index (κ2) is 18.0. The van der Waals surface area contributed by atoms with Gasteiger partial charge in [-0.05, 0) is 38.5 Å². The van der Waals surface area contributed by atoms with Gasteiger partial charge in [-0.1, -0.05) is 88.6 Å². The van der Waals surface area contributed by atoms with Crippen LogP contribution in [0.2, 0.25) is 0 Å². The summed E-state index contributed by atoms with van der Waals surface area (Å²) in [4.78, 5) is 11.5. The molecule has 0 aromatic heterocycles. The van der Waals surface area contributed by atoms with E-state index < -0.39 is 0 Å². The van der Waals surface area contributed by atoms with Gasteiger partial charge in [-0.3, -0.25) is 4.79 Å². The summed E-state index contributed by atoms with van der Waals surface area (Å²) in [7, 11) is 0. The molecule has 0 saturated heterocycles. The van der Waals surface area contributed by atoms with E-state index in [1.165, 1.54) is 32.1 Å². The fraction of sp³-hybridized carbons (Fsp3) is 0.609. The van der Waals surface area contributed by atoms with Crippen molar-refractivity contribution in [3.05, 3.63) is 48.6 Å². The van der Waals surface area contributed by atoms with Crippen molar-refractivity contribution in [2.75, 3.05) is 0 Å². The minimum atomic E-state index is 0.181. The number of rotatable bonds is 15. The van der Waals surface area contributed by atoms with Gasteiger partial charge in [-0.2, -0.15) is 0 Å². The fourth-order valence-corrected chi connectivity index (χ4v) is 2.27. The van der Waals surface area contributed by atoms with Crippen LogP contribution >= 0.6 is 0 Å². The Balaban J connectivity index is 3.48.